The fourth-order valence-electron chi connectivity index (χ4n) is 12.0. The number of hydrogen-bond acceptors (Lipinski definition) is 10. The molecule has 0 radical (unpaired) electrons. The van der Waals surface area contributed by atoms with E-state index in [2.05, 4.69) is 33.1 Å². The molecule has 12 atom stereocenters. The number of methoxy groups -OCH3 is 3. The van der Waals surface area contributed by atoms with Crippen LogP contribution in [0, 0.1) is 29.1 Å². The summed E-state index contributed by atoms with van der Waals surface area (Å²) in [7, 11) is 5.06. The number of anilines is 1. The Kier molecular flexibility index (Phi) is 7.60. The van der Waals surface area contributed by atoms with Crippen LogP contribution in [0.4, 0.5) is 5.69 Å². The van der Waals surface area contributed by atoms with Gasteiger partial charge in [0.2, 0.25) is 0 Å². The van der Waals surface area contributed by atoms with Crippen molar-refractivity contribution in [3.8, 4) is 0 Å². The second-order valence-electron chi connectivity index (χ2n) is 14.6. The molecule has 1 unspecified atom stereocenters. The summed E-state index contributed by atoms with van der Waals surface area (Å²) >= 11 is 4.73. The number of amides is 1. The molecule has 6 aliphatic rings. The molecule has 10 nitrogen and oxygen atoms in total. The molecule has 2 heterocycles. The normalized spacial score (nSPS) is 44.3. The largest absolute Gasteiger partial charge is 0.454 e. The summed E-state index contributed by atoms with van der Waals surface area (Å²) in [5.41, 5.74) is -3.72. The van der Waals surface area contributed by atoms with Crippen molar-refractivity contribution >= 4 is 44.8 Å². The summed E-state index contributed by atoms with van der Waals surface area (Å²) in [5.74, 6) is -1.67. The van der Waals surface area contributed by atoms with Crippen molar-refractivity contribution in [2.24, 2.45) is 29.1 Å². The van der Waals surface area contributed by atoms with Gasteiger partial charge in [0.15, 0.2) is 0 Å². The molecule has 1 aromatic carbocycles. The van der Waals surface area contributed by atoms with Gasteiger partial charge in [0.1, 0.15) is 16.8 Å². The Morgan fingerprint density at radius 1 is 1.06 bits per heavy atom. The monoisotopic (exact) mass is 730 g/mol. The number of aliphatic hydroxyl groups is 2. The number of nitrogens with zero attached hydrogens (tertiary/aromatic N) is 1. The summed E-state index contributed by atoms with van der Waals surface area (Å²) in [6, 6.07) is 10.5. The average molecular weight is 732 g/mol. The lowest BCUT2D eigenvalue weighted by Crippen LogP contribution is -2.83. The van der Waals surface area contributed by atoms with E-state index in [1.165, 1.54) is 11.3 Å². The highest BCUT2D eigenvalue weighted by Crippen LogP contribution is 2.79. The average Bonchev–Trinajstić information content (AvgIpc) is 3.70. The lowest BCUT2D eigenvalue weighted by molar-refractivity contribution is -0.337. The maximum absolute atomic E-state index is 14.4. The molecule has 1 saturated heterocycles. The number of piperidine rings is 1. The third-order valence-electron chi connectivity index (χ3n) is 13.4. The van der Waals surface area contributed by atoms with Crippen LogP contribution in [-0.2, 0) is 18.9 Å². The van der Waals surface area contributed by atoms with Crippen LogP contribution in [0.15, 0.2) is 40.2 Å². The molecule has 1 spiro atoms. The fourth-order valence-corrected chi connectivity index (χ4v) is 13.3. The van der Waals surface area contributed by atoms with Crippen molar-refractivity contribution < 1.29 is 38.7 Å². The number of esters is 1. The Bertz CT molecular complexity index is 1610. The molecule has 8 rings (SSSR count). The van der Waals surface area contributed by atoms with Crippen molar-refractivity contribution in [2.75, 3.05) is 39.7 Å². The van der Waals surface area contributed by atoms with E-state index in [9.17, 15) is 19.8 Å². The molecular weight excluding hydrogens is 688 g/mol. The highest BCUT2D eigenvalue weighted by atomic mass is 79.9. The van der Waals surface area contributed by atoms with E-state index in [0.717, 1.165) is 3.79 Å². The summed E-state index contributed by atoms with van der Waals surface area (Å²) in [6.45, 7) is 3.34. The third-order valence-corrected chi connectivity index (χ3v) is 15.0. The first-order valence-corrected chi connectivity index (χ1v) is 18.3. The van der Waals surface area contributed by atoms with Crippen molar-refractivity contribution in [3.05, 3.63) is 50.6 Å². The van der Waals surface area contributed by atoms with Gasteiger partial charge in [0.05, 0.1) is 38.2 Å². The van der Waals surface area contributed by atoms with E-state index >= 15 is 0 Å². The highest BCUT2D eigenvalue weighted by Gasteiger charge is 2.89. The van der Waals surface area contributed by atoms with Crippen LogP contribution >= 0.6 is 27.3 Å². The predicted molar refractivity (Wildman–Crippen MR) is 177 cm³/mol. The molecule has 1 amide bonds. The number of hydrogen-bond donors (Lipinski definition) is 3. The number of halogens is 1. The number of benzene rings is 1. The molecule has 12 heteroatoms. The van der Waals surface area contributed by atoms with Crippen LogP contribution in [0.3, 0.4) is 0 Å². The van der Waals surface area contributed by atoms with Gasteiger partial charge < -0.3 is 34.5 Å². The molecular formula is C35H43BrN2O8S. The first kappa shape index (κ1) is 32.3. The standard InChI is InChI=1S/C35H43BrN2O8S/c1-5-38-17-32(46-31(40)18-8-6-7-9-21(18)37-30(39)23-10-11-27(36)47-23)13-12-26(44-3)34-24(32)15-20(28(34)38)33(41)16-22(43-2)19-14-25(34)35(33,42)29(19)45-4/h6-11,19-20,22,24-26,28-29,41-42H,5,12-17H2,1-4H3,(H,37,39)/t19-,20+,22+,24-,25+,26+,28?,29+,32-,33+,34+,35+/m1/s1. The molecule has 1 aromatic heterocycles. The lowest BCUT2D eigenvalue weighted by Gasteiger charge is -2.70. The van der Waals surface area contributed by atoms with Gasteiger partial charge in [-0.1, -0.05) is 19.1 Å². The molecule has 5 saturated carbocycles. The Labute approximate surface area is 287 Å². The lowest BCUT2D eigenvalue weighted by atomic mass is 9.44. The quantitative estimate of drug-likeness (QED) is 0.340. The smallest absolute Gasteiger partial charge is 0.340 e. The van der Waals surface area contributed by atoms with Gasteiger partial charge >= 0.3 is 5.97 Å². The summed E-state index contributed by atoms with van der Waals surface area (Å²) in [4.78, 5) is 30.4. The fraction of sp³-hybridized carbons (Fsp3) is 0.657. The number of fused-ring (bicyclic) bond motifs is 2. The van der Waals surface area contributed by atoms with Crippen molar-refractivity contribution in [3.63, 3.8) is 0 Å². The molecule has 254 valence electrons. The van der Waals surface area contributed by atoms with E-state index in [1.807, 2.05) is 6.07 Å². The van der Waals surface area contributed by atoms with Crippen LogP contribution < -0.4 is 5.32 Å². The van der Waals surface area contributed by atoms with Gasteiger partial charge in [-0.15, -0.1) is 11.3 Å². The Hall–Kier alpha value is -1.90. The third kappa shape index (κ3) is 3.98. The summed E-state index contributed by atoms with van der Waals surface area (Å²) in [6.07, 6.45) is 1.79. The molecule has 3 N–H and O–H groups in total. The van der Waals surface area contributed by atoms with Gasteiger partial charge in [-0.05, 0) is 72.4 Å². The van der Waals surface area contributed by atoms with Crippen LogP contribution in [0.5, 0.6) is 0 Å². The molecule has 7 bridgehead atoms. The summed E-state index contributed by atoms with van der Waals surface area (Å²) < 4.78 is 26.1. The minimum atomic E-state index is -1.49. The number of para-hydroxylation sites is 1. The van der Waals surface area contributed by atoms with Gasteiger partial charge in [0, 0.05) is 69.4 Å². The Balaban J connectivity index is 1.21. The number of nitrogens with one attached hydrogen (secondary N) is 1. The number of likely N-dealkylation sites (tertiary alicyclic amines) is 1. The van der Waals surface area contributed by atoms with Crippen molar-refractivity contribution in [1.29, 1.82) is 0 Å². The van der Waals surface area contributed by atoms with Gasteiger partial charge in [0.25, 0.3) is 5.91 Å². The van der Waals surface area contributed by atoms with E-state index in [-0.39, 0.29) is 53.4 Å². The second kappa shape index (κ2) is 11.1. The topological polar surface area (TPSA) is 127 Å². The summed E-state index contributed by atoms with van der Waals surface area (Å²) in [5, 5.41) is 28.8. The first-order valence-electron chi connectivity index (χ1n) is 16.7. The van der Waals surface area contributed by atoms with Gasteiger partial charge in [-0.25, -0.2) is 4.79 Å². The van der Waals surface area contributed by atoms with Crippen LogP contribution in [-0.4, -0.2) is 103 Å². The van der Waals surface area contributed by atoms with Crippen LogP contribution in [0.25, 0.3) is 0 Å². The number of carbonyl (C=O) groups is 2. The Morgan fingerprint density at radius 3 is 2.53 bits per heavy atom. The maximum atomic E-state index is 14.4. The second-order valence-corrected chi connectivity index (χ2v) is 17.0. The molecule has 2 aromatic rings. The zero-order chi connectivity index (χ0) is 33.1. The van der Waals surface area contributed by atoms with E-state index in [4.69, 9.17) is 18.9 Å². The molecule has 6 fully saturated rings. The highest BCUT2D eigenvalue weighted by molar-refractivity contribution is 9.11. The van der Waals surface area contributed by atoms with Gasteiger partial charge in [-0.2, -0.15) is 0 Å². The number of carbonyl (C=O) groups excluding carboxylic acids is 2. The number of likely N-dealkylation sites (N-methyl/N-ethyl adjacent to an activating group) is 1. The maximum Gasteiger partial charge on any atom is 0.340 e. The minimum absolute atomic E-state index is 0.0617. The first-order chi connectivity index (χ1) is 22.5. The molecule has 1 aliphatic heterocycles. The van der Waals surface area contributed by atoms with E-state index in [0.29, 0.717) is 55.8 Å². The predicted octanol–water partition coefficient (Wildman–Crippen LogP) is 4.34. The van der Waals surface area contributed by atoms with Crippen LogP contribution in [0.2, 0.25) is 0 Å². The molecule has 5 aliphatic carbocycles. The minimum Gasteiger partial charge on any atom is -0.454 e. The van der Waals surface area contributed by atoms with E-state index < -0.39 is 34.3 Å². The van der Waals surface area contributed by atoms with Crippen molar-refractivity contribution in [1.82, 2.24) is 4.90 Å². The number of ether oxygens (including phenoxy) is 4. The number of thiophene rings is 1. The Morgan fingerprint density at radius 2 is 1.85 bits per heavy atom. The van der Waals surface area contributed by atoms with Crippen molar-refractivity contribution in [2.45, 2.75) is 80.2 Å². The molecule has 47 heavy (non-hydrogen) atoms. The van der Waals surface area contributed by atoms with Crippen LogP contribution in [0.1, 0.15) is 59.1 Å². The zero-order valence-electron chi connectivity index (χ0n) is 27.1. The number of rotatable bonds is 8. The zero-order valence-corrected chi connectivity index (χ0v) is 29.5. The van der Waals surface area contributed by atoms with Gasteiger partial charge in [-0.3, -0.25) is 9.69 Å². The van der Waals surface area contributed by atoms with E-state index in [1.54, 1.807) is 51.7 Å². The SMILES string of the molecule is CCN1C[C@]2(OC(=O)c3ccccc3NC(=O)c3ccc(Br)s3)CC[C@H](OC)[C@]34C1[C@H](C[C@H]23)[C@@]1(O)C[C@H](OC)[C@H]2C[C@@H]4[C@]1(O)[C@H]2OC.